The van der Waals surface area contributed by atoms with E-state index in [4.69, 9.17) is 11.6 Å². The van der Waals surface area contributed by atoms with Crippen LogP contribution < -0.4 is 10.9 Å². The van der Waals surface area contributed by atoms with E-state index < -0.39 is 17.9 Å². The fourth-order valence-electron chi connectivity index (χ4n) is 3.09. The van der Waals surface area contributed by atoms with E-state index in [1.54, 1.807) is 25.3 Å². The van der Waals surface area contributed by atoms with Crippen molar-refractivity contribution in [3.63, 3.8) is 0 Å². The molecule has 0 aliphatic heterocycles. The highest BCUT2D eigenvalue weighted by atomic mass is 35.5. The van der Waals surface area contributed by atoms with Crippen molar-refractivity contribution in [2.75, 3.05) is 18.5 Å². The van der Waals surface area contributed by atoms with Gasteiger partial charge in [-0.15, -0.1) is 0 Å². The first kappa shape index (κ1) is 19.9. The standard InChI is InChI=1S/C20H19ClFN3O3/c1-12(16-11-23-19(27)15-5-3-2-4-14(15)16)25(8-9-26)20(28)24-13-6-7-18(22)17(21)10-13/h2-7,10-12,26H,8-9H2,1H3,(H,23,27)(H,24,28). The number of nitrogens with zero attached hydrogens (tertiary/aromatic N) is 1. The van der Waals surface area contributed by atoms with Crippen LogP contribution in [0, 0.1) is 5.82 Å². The number of nitrogens with one attached hydrogen (secondary N) is 2. The summed E-state index contributed by atoms with van der Waals surface area (Å²) in [5.41, 5.74) is 0.847. The Morgan fingerprint density at radius 2 is 2.00 bits per heavy atom. The van der Waals surface area contributed by atoms with Crippen molar-refractivity contribution in [2.24, 2.45) is 0 Å². The number of urea groups is 1. The lowest BCUT2D eigenvalue weighted by Crippen LogP contribution is -2.39. The molecule has 1 aromatic heterocycles. The summed E-state index contributed by atoms with van der Waals surface area (Å²) >= 11 is 5.76. The van der Waals surface area contributed by atoms with Crippen LogP contribution in [0.2, 0.25) is 5.02 Å². The van der Waals surface area contributed by atoms with E-state index in [0.29, 0.717) is 11.1 Å². The smallest absolute Gasteiger partial charge is 0.322 e. The van der Waals surface area contributed by atoms with Crippen molar-refractivity contribution < 1.29 is 14.3 Å². The van der Waals surface area contributed by atoms with Gasteiger partial charge >= 0.3 is 6.03 Å². The number of aromatic amines is 1. The summed E-state index contributed by atoms with van der Waals surface area (Å²) in [5, 5.41) is 13.2. The number of anilines is 1. The van der Waals surface area contributed by atoms with E-state index in [2.05, 4.69) is 10.3 Å². The van der Waals surface area contributed by atoms with E-state index >= 15 is 0 Å². The molecule has 6 nitrogen and oxygen atoms in total. The summed E-state index contributed by atoms with van der Waals surface area (Å²) in [4.78, 5) is 29.0. The Balaban J connectivity index is 1.93. The first-order valence-corrected chi connectivity index (χ1v) is 9.04. The highest BCUT2D eigenvalue weighted by Gasteiger charge is 2.23. The Hall–Kier alpha value is -2.90. The second kappa shape index (κ2) is 8.41. The van der Waals surface area contributed by atoms with Crippen LogP contribution in [0.1, 0.15) is 18.5 Å². The van der Waals surface area contributed by atoms with Crippen molar-refractivity contribution in [3.8, 4) is 0 Å². The van der Waals surface area contributed by atoms with Gasteiger partial charge in [0.25, 0.3) is 5.56 Å². The summed E-state index contributed by atoms with van der Waals surface area (Å²) in [7, 11) is 0. The zero-order valence-corrected chi connectivity index (χ0v) is 15.8. The number of aromatic nitrogens is 1. The average Bonchev–Trinajstić information content (AvgIpc) is 2.69. The van der Waals surface area contributed by atoms with Gasteiger partial charge in [0.1, 0.15) is 5.82 Å². The molecule has 28 heavy (non-hydrogen) atoms. The maximum Gasteiger partial charge on any atom is 0.322 e. The number of aliphatic hydroxyl groups is 1. The van der Waals surface area contributed by atoms with Crippen LogP contribution in [0.3, 0.4) is 0 Å². The molecule has 3 aromatic rings. The van der Waals surface area contributed by atoms with E-state index in [9.17, 15) is 19.1 Å². The summed E-state index contributed by atoms with van der Waals surface area (Å²) < 4.78 is 13.3. The number of pyridine rings is 1. The lowest BCUT2D eigenvalue weighted by molar-refractivity contribution is 0.168. The van der Waals surface area contributed by atoms with Crippen LogP contribution in [-0.4, -0.2) is 34.2 Å². The Labute approximate surface area is 165 Å². The molecule has 0 aliphatic carbocycles. The Morgan fingerprint density at radius 3 is 2.68 bits per heavy atom. The predicted molar refractivity (Wildman–Crippen MR) is 107 cm³/mol. The lowest BCUT2D eigenvalue weighted by atomic mass is 10.0. The number of hydrogen-bond donors (Lipinski definition) is 3. The molecular weight excluding hydrogens is 385 g/mol. The van der Waals surface area contributed by atoms with E-state index in [-0.39, 0.29) is 23.7 Å². The van der Waals surface area contributed by atoms with E-state index in [0.717, 1.165) is 17.0 Å². The van der Waals surface area contributed by atoms with Crippen LogP contribution in [0.15, 0.2) is 53.5 Å². The zero-order valence-electron chi connectivity index (χ0n) is 15.1. The molecule has 0 saturated heterocycles. The number of aliphatic hydroxyl groups excluding tert-OH is 1. The van der Waals surface area contributed by atoms with Gasteiger partial charge in [-0.1, -0.05) is 29.8 Å². The molecule has 0 spiro atoms. The third kappa shape index (κ3) is 4.00. The van der Waals surface area contributed by atoms with Gasteiger partial charge in [0.05, 0.1) is 17.7 Å². The van der Waals surface area contributed by atoms with Crippen molar-refractivity contribution in [3.05, 3.63) is 75.4 Å². The molecule has 0 radical (unpaired) electrons. The second-order valence-corrected chi connectivity index (χ2v) is 6.68. The van der Waals surface area contributed by atoms with Crippen LogP contribution >= 0.6 is 11.6 Å². The highest BCUT2D eigenvalue weighted by Crippen LogP contribution is 2.27. The molecule has 0 saturated carbocycles. The van der Waals surface area contributed by atoms with Crippen molar-refractivity contribution in [2.45, 2.75) is 13.0 Å². The summed E-state index contributed by atoms with van der Waals surface area (Å²) in [6, 6.07) is 10.0. The third-order valence-electron chi connectivity index (χ3n) is 4.53. The number of rotatable bonds is 5. The normalized spacial score (nSPS) is 12.0. The van der Waals surface area contributed by atoms with Gasteiger partial charge in [0, 0.05) is 23.8 Å². The van der Waals surface area contributed by atoms with Gasteiger partial charge < -0.3 is 20.3 Å². The monoisotopic (exact) mass is 403 g/mol. The number of H-pyrrole nitrogens is 1. The number of halogens is 2. The molecule has 0 aliphatic rings. The minimum Gasteiger partial charge on any atom is -0.395 e. The minimum atomic E-state index is -0.583. The number of carbonyl (C=O) groups is 1. The summed E-state index contributed by atoms with van der Waals surface area (Å²) in [6.07, 6.45) is 1.57. The van der Waals surface area contributed by atoms with Crippen molar-refractivity contribution in [1.82, 2.24) is 9.88 Å². The number of amides is 2. The van der Waals surface area contributed by atoms with Crippen LogP contribution in [0.5, 0.6) is 0 Å². The van der Waals surface area contributed by atoms with Gasteiger partial charge in [-0.2, -0.15) is 0 Å². The van der Waals surface area contributed by atoms with E-state index in [1.807, 2.05) is 12.1 Å². The topological polar surface area (TPSA) is 85.4 Å². The molecule has 3 rings (SSSR count). The summed E-state index contributed by atoms with van der Waals surface area (Å²) in [6.45, 7) is 1.62. The van der Waals surface area contributed by atoms with E-state index in [1.165, 1.54) is 17.0 Å². The van der Waals surface area contributed by atoms with Crippen LogP contribution in [-0.2, 0) is 0 Å². The molecule has 1 atom stereocenters. The fourth-order valence-corrected chi connectivity index (χ4v) is 3.27. The number of carbonyl (C=O) groups excluding carboxylic acids is 1. The molecule has 1 unspecified atom stereocenters. The van der Waals surface area contributed by atoms with Crippen molar-refractivity contribution >= 4 is 34.1 Å². The fraction of sp³-hybridized carbons (Fsp3) is 0.200. The molecular formula is C20H19ClFN3O3. The Morgan fingerprint density at radius 1 is 1.29 bits per heavy atom. The van der Waals surface area contributed by atoms with Gasteiger partial charge in [0.2, 0.25) is 0 Å². The molecule has 2 amide bonds. The van der Waals surface area contributed by atoms with Gasteiger partial charge in [-0.05, 0) is 42.1 Å². The maximum atomic E-state index is 13.3. The number of fused-ring (bicyclic) bond motifs is 1. The SMILES string of the molecule is CC(c1c[nH]c(=O)c2ccccc12)N(CCO)C(=O)Nc1ccc(F)c(Cl)c1. The maximum absolute atomic E-state index is 13.3. The average molecular weight is 404 g/mol. The first-order valence-electron chi connectivity index (χ1n) is 8.66. The van der Waals surface area contributed by atoms with Crippen LogP contribution in [0.4, 0.5) is 14.9 Å². The number of benzene rings is 2. The minimum absolute atomic E-state index is 0.0649. The van der Waals surface area contributed by atoms with Gasteiger partial charge in [-0.25, -0.2) is 9.18 Å². The molecule has 1 heterocycles. The molecule has 8 heteroatoms. The second-order valence-electron chi connectivity index (χ2n) is 6.27. The van der Waals surface area contributed by atoms with Gasteiger partial charge in [-0.3, -0.25) is 4.79 Å². The molecule has 3 N–H and O–H groups in total. The largest absolute Gasteiger partial charge is 0.395 e. The highest BCUT2D eigenvalue weighted by molar-refractivity contribution is 6.31. The molecule has 146 valence electrons. The zero-order chi connectivity index (χ0) is 20.3. The predicted octanol–water partition coefficient (Wildman–Crippen LogP) is 3.91. The summed E-state index contributed by atoms with van der Waals surface area (Å²) in [5.74, 6) is -0.583. The Bertz CT molecular complexity index is 1070. The molecule has 2 aromatic carbocycles. The van der Waals surface area contributed by atoms with Crippen LogP contribution in [0.25, 0.3) is 10.8 Å². The molecule has 0 fully saturated rings. The Kier molecular flexibility index (Phi) is 5.96. The van der Waals surface area contributed by atoms with Crippen molar-refractivity contribution in [1.29, 1.82) is 0 Å². The van der Waals surface area contributed by atoms with Gasteiger partial charge in [0.15, 0.2) is 0 Å². The number of hydrogen-bond acceptors (Lipinski definition) is 3. The molecule has 0 bridgehead atoms. The quantitative estimate of drug-likeness (QED) is 0.603. The first-order chi connectivity index (χ1) is 13.4. The lowest BCUT2D eigenvalue weighted by Gasteiger charge is -2.29. The third-order valence-corrected chi connectivity index (χ3v) is 4.82.